The van der Waals surface area contributed by atoms with Gasteiger partial charge in [-0.1, -0.05) is 12.1 Å². The van der Waals surface area contributed by atoms with Gasteiger partial charge in [0.15, 0.2) is 6.61 Å². The molecule has 31 heavy (non-hydrogen) atoms. The molecule has 2 aromatic rings. The van der Waals surface area contributed by atoms with E-state index in [4.69, 9.17) is 14.2 Å². The SMILES string of the molecule is COc1ccc(OCC(=O)N2CCC[C@](C)(C(=O)NCc3cccc(OC)c3)C2)cc1. The van der Waals surface area contributed by atoms with Gasteiger partial charge in [-0.15, -0.1) is 0 Å². The molecule has 1 aliphatic rings. The lowest BCUT2D eigenvalue weighted by Crippen LogP contribution is -2.52. The van der Waals surface area contributed by atoms with Gasteiger partial charge in [-0.3, -0.25) is 9.59 Å². The fourth-order valence-electron chi connectivity index (χ4n) is 3.72. The molecule has 3 rings (SSSR count). The number of amides is 2. The van der Waals surface area contributed by atoms with Crippen molar-refractivity contribution in [2.75, 3.05) is 33.9 Å². The van der Waals surface area contributed by atoms with Gasteiger partial charge in [0.1, 0.15) is 17.2 Å². The molecule has 0 aromatic heterocycles. The first-order valence-corrected chi connectivity index (χ1v) is 10.4. The van der Waals surface area contributed by atoms with E-state index in [-0.39, 0.29) is 18.4 Å². The minimum atomic E-state index is -0.632. The van der Waals surface area contributed by atoms with Crippen molar-refractivity contribution in [2.24, 2.45) is 5.41 Å². The monoisotopic (exact) mass is 426 g/mol. The van der Waals surface area contributed by atoms with E-state index in [1.165, 1.54) is 0 Å². The molecule has 0 aliphatic carbocycles. The second kappa shape index (κ2) is 10.2. The highest BCUT2D eigenvalue weighted by molar-refractivity contribution is 5.84. The summed E-state index contributed by atoms with van der Waals surface area (Å²) >= 11 is 0. The lowest BCUT2D eigenvalue weighted by molar-refractivity contribution is -0.142. The molecule has 1 atom stereocenters. The maximum absolute atomic E-state index is 12.9. The standard InChI is InChI=1S/C24H30N2O5/c1-24(23(28)25-15-18-6-4-7-21(14-18)30-3)12-5-13-26(17-24)22(27)16-31-20-10-8-19(29-2)9-11-20/h4,6-11,14H,5,12-13,15-17H2,1-3H3,(H,25,28)/t24-/m0/s1. The molecule has 166 valence electrons. The second-order valence-electron chi connectivity index (χ2n) is 7.98. The van der Waals surface area contributed by atoms with Crippen molar-refractivity contribution < 1.29 is 23.8 Å². The van der Waals surface area contributed by atoms with Crippen LogP contribution in [0.2, 0.25) is 0 Å². The van der Waals surface area contributed by atoms with E-state index in [2.05, 4.69) is 5.32 Å². The van der Waals surface area contributed by atoms with E-state index in [0.29, 0.717) is 25.4 Å². The summed E-state index contributed by atoms with van der Waals surface area (Å²) in [6, 6.07) is 14.7. The number of methoxy groups -OCH3 is 2. The quantitative estimate of drug-likeness (QED) is 0.702. The summed E-state index contributed by atoms with van der Waals surface area (Å²) in [5.74, 6) is 1.91. The van der Waals surface area contributed by atoms with Crippen LogP contribution in [0.1, 0.15) is 25.3 Å². The summed E-state index contributed by atoms with van der Waals surface area (Å²) in [4.78, 5) is 27.3. The number of rotatable bonds is 8. The number of piperidine rings is 1. The van der Waals surface area contributed by atoms with Crippen molar-refractivity contribution in [1.29, 1.82) is 0 Å². The molecule has 0 spiro atoms. The van der Waals surface area contributed by atoms with Crippen molar-refractivity contribution in [3.63, 3.8) is 0 Å². The van der Waals surface area contributed by atoms with Crippen LogP contribution in [0.5, 0.6) is 17.2 Å². The molecular formula is C24H30N2O5. The lowest BCUT2D eigenvalue weighted by atomic mass is 9.81. The molecule has 7 heteroatoms. The number of nitrogens with zero attached hydrogens (tertiary/aromatic N) is 1. The Balaban J connectivity index is 1.53. The smallest absolute Gasteiger partial charge is 0.260 e. The molecule has 0 radical (unpaired) electrons. The number of benzene rings is 2. The van der Waals surface area contributed by atoms with Crippen LogP contribution in [0.25, 0.3) is 0 Å². The van der Waals surface area contributed by atoms with Gasteiger partial charge in [-0.25, -0.2) is 0 Å². The summed E-state index contributed by atoms with van der Waals surface area (Å²) < 4.78 is 16.0. The van der Waals surface area contributed by atoms with Crippen LogP contribution in [-0.2, 0) is 16.1 Å². The molecule has 2 aromatic carbocycles. The Hall–Kier alpha value is -3.22. The number of hydrogen-bond donors (Lipinski definition) is 1. The van der Waals surface area contributed by atoms with Gasteiger partial charge >= 0.3 is 0 Å². The van der Waals surface area contributed by atoms with Gasteiger partial charge in [0.05, 0.1) is 19.6 Å². The summed E-state index contributed by atoms with van der Waals surface area (Å²) in [6.45, 7) is 3.27. The first kappa shape index (κ1) is 22.5. The molecule has 1 fully saturated rings. The molecule has 0 bridgehead atoms. The van der Waals surface area contributed by atoms with E-state index < -0.39 is 5.41 Å². The number of likely N-dealkylation sites (tertiary alicyclic amines) is 1. The van der Waals surface area contributed by atoms with Crippen LogP contribution in [0.15, 0.2) is 48.5 Å². The third-order valence-corrected chi connectivity index (χ3v) is 5.61. The molecule has 7 nitrogen and oxygen atoms in total. The largest absolute Gasteiger partial charge is 0.497 e. The molecule has 2 amide bonds. The van der Waals surface area contributed by atoms with Crippen molar-refractivity contribution >= 4 is 11.8 Å². The van der Waals surface area contributed by atoms with Crippen LogP contribution in [0.3, 0.4) is 0 Å². The Morgan fingerprint density at radius 1 is 1.03 bits per heavy atom. The first-order chi connectivity index (χ1) is 14.9. The zero-order valence-corrected chi connectivity index (χ0v) is 18.3. The van der Waals surface area contributed by atoms with Gasteiger partial charge < -0.3 is 24.4 Å². The highest BCUT2D eigenvalue weighted by atomic mass is 16.5. The average Bonchev–Trinajstić information content (AvgIpc) is 2.81. The number of carbonyl (C=O) groups is 2. The van der Waals surface area contributed by atoms with Crippen molar-refractivity contribution in [3.8, 4) is 17.2 Å². The predicted molar refractivity (Wildman–Crippen MR) is 117 cm³/mol. The number of nitrogens with one attached hydrogen (secondary N) is 1. The molecule has 0 saturated carbocycles. The van der Waals surface area contributed by atoms with Gasteiger partial charge in [0.2, 0.25) is 5.91 Å². The summed E-state index contributed by atoms with van der Waals surface area (Å²) in [7, 11) is 3.21. The number of ether oxygens (including phenoxy) is 3. The molecule has 1 saturated heterocycles. The van der Waals surface area contributed by atoms with E-state index in [0.717, 1.165) is 29.9 Å². The Kier molecular flexibility index (Phi) is 7.39. The van der Waals surface area contributed by atoms with Crippen molar-refractivity contribution in [2.45, 2.75) is 26.3 Å². The van der Waals surface area contributed by atoms with Crippen LogP contribution in [0.4, 0.5) is 0 Å². The Labute approximate surface area is 183 Å². The fraction of sp³-hybridized carbons (Fsp3) is 0.417. The second-order valence-corrected chi connectivity index (χ2v) is 7.98. The highest BCUT2D eigenvalue weighted by Gasteiger charge is 2.39. The zero-order chi connectivity index (χ0) is 22.3. The highest BCUT2D eigenvalue weighted by Crippen LogP contribution is 2.30. The summed E-state index contributed by atoms with van der Waals surface area (Å²) in [6.07, 6.45) is 1.51. The molecule has 1 aliphatic heterocycles. The number of carbonyl (C=O) groups excluding carboxylic acids is 2. The lowest BCUT2D eigenvalue weighted by Gasteiger charge is -2.39. The summed E-state index contributed by atoms with van der Waals surface area (Å²) in [5, 5.41) is 3.01. The van der Waals surface area contributed by atoms with Gasteiger partial charge in [-0.05, 0) is 61.7 Å². The van der Waals surface area contributed by atoms with E-state index >= 15 is 0 Å². The zero-order valence-electron chi connectivity index (χ0n) is 18.3. The third kappa shape index (κ3) is 5.90. The van der Waals surface area contributed by atoms with Crippen LogP contribution >= 0.6 is 0 Å². The summed E-state index contributed by atoms with van der Waals surface area (Å²) in [5.41, 5.74) is 0.334. The average molecular weight is 427 g/mol. The fourth-order valence-corrected chi connectivity index (χ4v) is 3.72. The molecule has 1 heterocycles. The topological polar surface area (TPSA) is 77.1 Å². The van der Waals surface area contributed by atoms with Crippen molar-refractivity contribution in [1.82, 2.24) is 10.2 Å². The van der Waals surface area contributed by atoms with Gasteiger partial charge in [-0.2, -0.15) is 0 Å². The van der Waals surface area contributed by atoms with Crippen LogP contribution in [0, 0.1) is 5.41 Å². The maximum Gasteiger partial charge on any atom is 0.260 e. The van der Waals surface area contributed by atoms with E-state index in [9.17, 15) is 9.59 Å². The van der Waals surface area contributed by atoms with Crippen LogP contribution in [-0.4, -0.2) is 50.6 Å². The van der Waals surface area contributed by atoms with E-state index in [1.807, 2.05) is 31.2 Å². The normalized spacial score (nSPS) is 18.2. The minimum absolute atomic E-state index is 0.0520. The van der Waals surface area contributed by atoms with Gasteiger partial charge in [0, 0.05) is 19.6 Å². The molecule has 0 unspecified atom stereocenters. The number of hydrogen-bond acceptors (Lipinski definition) is 5. The van der Waals surface area contributed by atoms with E-state index in [1.54, 1.807) is 43.4 Å². The van der Waals surface area contributed by atoms with Crippen molar-refractivity contribution in [3.05, 3.63) is 54.1 Å². The third-order valence-electron chi connectivity index (χ3n) is 5.61. The Morgan fingerprint density at radius 3 is 2.45 bits per heavy atom. The molecular weight excluding hydrogens is 396 g/mol. The predicted octanol–water partition coefficient (Wildman–Crippen LogP) is 3.03. The minimum Gasteiger partial charge on any atom is -0.497 e. The van der Waals surface area contributed by atoms with Crippen LogP contribution < -0.4 is 19.5 Å². The Morgan fingerprint density at radius 2 is 1.74 bits per heavy atom. The molecule has 1 N–H and O–H groups in total. The Bertz CT molecular complexity index is 899. The van der Waals surface area contributed by atoms with Gasteiger partial charge in [0.25, 0.3) is 5.91 Å². The first-order valence-electron chi connectivity index (χ1n) is 10.4. The maximum atomic E-state index is 12.9.